The number of hydrogen-bond acceptors (Lipinski definition) is 1. The Hall–Kier alpha value is -0.530. The Bertz CT molecular complexity index is 231. The number of nitrogens with zero attached hydrogens (tertiary/aromatic N) is 1. The van der Waals surface area contributed by atoms with Crippen LogP contribution in [-0.2, 0) is 4.79 Å². The van der Waals surface area contributed by atoms with Gasteiger partial charge in [-0.1, -0.05) is 19.3 Å². The summed E-state index contributed by atoms with van der Waals surface area (Å²) in [6.45, 7) is 2.17. The summed E-state index contributed by atoms with van der Waals surface area (Å²) in [5, 5.41) is 0. The Balaban J connectivity index is 1.58. The maximum atomic E-state index is 12.1. The third-order valence-electron chi connectivity index (χ3n) is 4.24. The van der Waals surface area contributed by atoms with Crippen molar-refractivity contribution in [2.24, 2.45) is 17.8 Å². The minimum absolute atomic E-state index is 0.390. The Morgan fingerprint density at radius 1 is 1.00 bits per heavy atom. The van der Waals surface area contributed by atoms with Gasteiger partial charge in [0.1, 0.15) is 0 Å². The molecule has 0 aromatic heterocycles. The molecule has 3 aliphatic rings. The smallest absolute Gasteiger partial charge is 0.225 e. The van der Waals surface area contributed by atoms with Gasteiger partial charge in [-0.15, -0.1) is 0 Å². The summed E-state index contributed by atoms with van der Waals surface area (Å²) in [5.74, 6) is 2.66. The summed E-state index contributed by atoms with van der Waals surface area (Å²) in [6, 6.07) is 0. The van der Waals surface area contributed by atoms with Gasteiger partial charge in [-0.3, -0.25) is 4.79 Å². The number of fused-ring (bicyclic) bond motifs is 1. The van der Waals surface area contributed by atoms with Crippen molar-refractivity contribution in [3.05, 3.63) is 0 Å². The third kappa shape index (κ3) is 1.45. The van der Waals surface area contributed by atoms with Gasteiger partial charge in [-0.05, 0) is 31.1 Å². The lowest BCUT2D eigenvalue weighted by atomic mass is 9.88. The fourth-order valence-electron chi connectivity index (χ4n) is 3.19. The summed E-state index contributed by atoms with van der Waals surface area (Å²) < 4.78 is 0. The van der Waals surface area contributed by atoms with Crippen LogP contribution in [0.4, 0.5) is 0 Å². The molecule has 2 unspecified atom stereocenters. The first-order valence-electron chi connectivity index (χ1n) is 6.13. The molecule has 1 amide bonds. The lowest BCUT2D eigenvalue weighted by Gasteiger charge is -2.27. The fraction of sp³-hybridized carbons (Fsp3) is 0.917. The molecule has 0 aromatic carbocycles. The number of rotatable bonds is 1. The van der Waals surface area contributed by atoms with Crippen molar-refractivity contribution < 1.29 is 4.79 Å². The topological polar surface area (TPSA) is 20.3 Å². The molecule has 0 aromatic rings. The summed E-state index contributed by atoms with van der Waals surface area (Å²) in [5.41, 5.74) is 0. The van der Waals surface area contributed by atoms with Crippen LogP contribution >= 0.6 is 0 Å². The maximum absolute atomic E-state index is 12.1. The Morgan fingerprint density at radius 2 is 1.64 bits per heavy atom. The molecule has 2 heteroatoms. The van der Waals surface area contributed by atoms with E-state index < -0.39 is 0 Å². The zero-order valence-electron chi connectivity index (χ0n) is 8.74. The standard InChI is InChI=1S/C12H19NO/c14-12(9-4-2-1-3-5-9)13-7-10-6-11(10)8-13/h9-11H,1-8H2. The summed E-state index contributed by atoms with van der Waals surface area (Å²) in [6.07, 6.45) is 7.60. The second-order valence-corrected chi connectivity index (χ2v) is 5.33. The molecule has 2 aliphatic carbocycles. The van der Waals surface area contributed by atoms with Crippen LogP contribution < -0.4 is 0 Å². The molecule has 3 rings (SSSR count). The van der Waals surface area contributed by atoms with Crippen molar-refractivity contribution in [2.75, 3.05) is 13.1 Å². The van der Waals surface area contributed by atoms with Crippen molar-refractivity contribution in [1.82, 2.24) is 4.90 Å². The largest absolute Gasteiger partial charge is 0.342 e. The van der Waals surface area contributed by atoms with Crippen LogP contribution in [-0.4, -0.2) is 23.9 Å². The number of carbonyl (C=O) groups excluding carboxylic acids is 1. The van der Waals surface area contributed by atoms with Crippen LogP contribution in [0.1, 0.15) is 38.5 Å². The van der Waals surface area contributed by atoms with Crippen molar-refractivity contribution >= 4 is 5.91 Å². The molecule has 1 aliphatic heterocycles. The van der Waals surface area contributed by atoms with Crippen LogP contribution in [0.25, 0.3) is 0 Å². The highest BCUT2D eigenvalue weighted by Crippen LogP contribution is 2.45. The molecule has 0 spiro atoms. The zero-order valence-corrected chi connectivity index (χ0v) is 8.74. The molecule has 1 heterocycles. The van der Waals surface area contributed by atoms with E-state index in [0.717, 1.165) is 37.8 Å². The fourth-order valence-corrected chi connectivity index (χ4v) is 3.19. The quantitative estimate of drug-likeness (QED) is 0.624. The molecule has 14 heavy (non-hydrogen) atoms. The average Bonchev–Trinajstić information content (AvgIpc) is 2.86. The second-order valence-electron chi connectivity index (χ2n) is 5.33. The van der Waals surface area contributed by atoms with Crippen molar-refractivity contribution in [3.8, 4) is 0 Å². The molecule has 0 bridgehead atoms. The van der Waals surface area contributed by atoms with E-state index in [2.05, 4.69) is 4.90 Å². The lowest BCUT2D eigenvalue weighted by Crippen LogP contribution is -2.36. The van der Waals surface area contributed by atoms with Crippen molar-refractivity contribution in [2.45, 2.75) is 38.5 Å². The third-order valence-corrected chi connectivity index (χ3v) is 4.24. The molecule has 1 saturated heterocycles. The van der Waals surface area contributed by atoms with Gasteiger partial charge in [0.05, 0.1) is 0 Å². The van der Waals surface area contributed by atoms with E-state index >= 15 is 0 Å². The van der Waals surface area contributed by atoms with Gasteiger partial charge in [0.2, 0.25) is 5.91 Å². The van der Waals surface area contributed by atoms with E-state index in [0.29, 0.717) is 11.8 Å². The van der Waals surface area contributed by atoms with Crippen molar-refractivity contribution in [1.29, 1.82) is 0 Å². The SMILES string of the molecule is O=C(C1CCCCC1)N1CC2CC2C1. The van der Waals surface area contributed by atoms with Gasteiger partial charge in [0.15, 0.2) is 0 Å². The molecule has 78 valence electrons. The molecule has 2 saturated carbocycles. The van der Waals surface area contributed by atoms with Crippen LogP contribution in [0.15, 0.2) is 0 Å². The van der Waals surface area contributed by atoms with Gasteiger partial charge in [-0.25, -0.2) is 0 Å². The molecule has 2 nitrogen and oxygen atoms in total. The highest BCUT2D eigenvalue weighted by molar-refractivity contribution is 5.79. The molecule has 3 fully saturated rings. The van der Waals surface area contributed by atoms with Crippen molar-refractivity contribution in [3.63, 3.8) is 0 Å². The van der Waals surface area contributed by atoms with E-state index in [1.54, 1.807) is 0 Å². The Kier molecular flexibility index (Phi) is 2.03. The molecule has 2 atom stereocenters. The first-order chi connectivity index (χ1) is 6.84. The average molecular weight is 193 g/mol. The van der Waals surface area contributed by atoms with Crippen LogP contribution in [0, 0.1) is 17.8 Å². The van der Waals surface area contributed by atoms with Crippen LogP contribution in [0.3, 0.4) is 0 Å². The normalized spacial score (nSPS) is 37.0. The predicted octanol–water partition coefficient (Wildman–Crippen LogP) is 2.04. The Morgan fingerprint density at radius 3 is 2.29 bits per heavy atom. The molecule has 0 radical (unpaired) electrons. The molecule has 0 N–H and O–H groups in total. The Labute approximate surface area is 85.7 Å². The van der Waals surface area contributed by atoms with Crippen LogP contribution in [0.5, 0.6) is 0 Å². The van der Waals surface area contributed by atoms with E-state index in [4.69, 9.17) is 0 Å². The number of carbonyl (C=O) groups is 1. The van der Waals surface area contributed by atoms with E-state index in [9.17, 15) is 4.79 Å². The van der Waals surface area contributed by atoms with E-state index in [1.807, 2.05) is 0 Å². The highest BCUT2D eigenvalue weighted by atomic mass is 16.2. The zero-order chi connectivity index (χ0) is 9.54. The first-order valence-corrected chi connectivity index (χ1v) is 6.13. The van der Waals surface area contributed by atoms with E-state index in [1.165, 1.54) is 25.7 Å². The minimum atomic E-state index is 0.390. The first kappa shape index (κ1) is 8.75. The van der Waals surface area contributed by atoms with Gasteiger partial charge in [0, 0.05) is 19.0 Å². The van der Waals surface area contributed by atoms with Crippen LogP contribution in [0.2, 0.25) is 0 Å². The minimum Gasteiger partial charge on any atom is -0.342 e. The summed E-state index contributed by atoms with van der Waals surface area (Å²) in [7, 11) is 0. The predicted molar refractivity (Wildman–Crippen MR) is 54.8 cm³/mol. The second kappa shape index (κ2) is 3.25. The van der Waals surface area contributed by atoms with Gasteiger partial charge >= 0.3 is 0 Å². The lowest BCUT2D eigenvalue weighted by molar-refractivity contribution is -0.136. The highest BCUT2D eigenvalue weighted by Gasteiger charge is 2.47. The number of piperidine rings is 1. The number of amides is 1. The number of likely N-dealkylation sites (tertiary alicyclic amines) is 1. The monoisotopic (exact) mass is 193 g/mol. The summed E-state index contributed by atoms with van der Waals surface area (Å²) >= 11 is 0. The van der Waals surface area contributed by atoms with Gasteiger partial charge < -0.3 is 4.90 Å². The summed E-state index contributed by atoms with van der Waals surface area (Å²) in [4.78, 5) is 14.2. The van der Waals surface area contributed by atoms with Gasteiger partial charge in [-0.2, -0.15) is 0 Å². The molecular formula is C12H19NO. The van der Waals surface area contributed by atoms with E-state index in [-0.39, 0.29) is 0 Å². The number of hydrogen-bond donors (Lipinski definition) is 0. The van der Waals surface area contributed by atoms with Gasteiger partial charge in [0.25, 0.3) is 0 Å². The molecular weight excluding hydrogens is 174 g/mol. The maximum Gasteiger partial charge on any atom is 0.225 e.